The number of pyridine rings is 1. The fourth-order valence-corrected chi connectivity index (χ4v) is 3.34. The SMILES string of the molecule is Cc1c(=O)ccc2c1oc1c(-c3ccc(O)c(O)c3)c3c[nH][nH]c3nc12. The van der Waals surface area contributed by atoms with Gasteiger partial charge in [-0.05, 0) is 36.8 Å². The molecule has 3 aromatic heterocycles. The highest BCUT2D eigenvalue weighted by molar-refractivity contribution is 6.14. The van der Waals surface area contributed by atoms with Crippen molar-refractivity contribution in [2.75, 3.05) is 0 Å². The highest BCUT2D eigenvalue weighted by atomic mass is 16.3. The normalized spacial score (nSPS) is 11.7. The average Bonchev–Trinajstić information content (AvgIpc) is 3.23. The Labute approximate surface area is 145 Å². The number of H-pyrrole nitrogens is 2. The van der Waals surface area contributed by atoms with Crippen molar-refractivity contribution in [3.63, 3.8) is 0 Å². The van der Waals surface area contributed by atoms with Crippen LogP contribution in [0, 0.1) is 6.92 Å². The van der Waals surface area contributed by atoms with Gasteiger partial charge in [0.05, 0.1) is 0 Å². The Balaban J connectivity index is 2.01. The van der Waals surface area contributed by atoms with Gasteiger partial charge in [-0.1, -0.05) is 6.07 Å². The van der Waals surface area contributed by atoms with Crippen LogP contribution < -0.4 is 5.43 Å². The van der Waals surface area contributed by atoms with Gasteiger partial charge in [0.15, 0.2) is 28.2 Å². The summed E-state index contributed by atoms with van der Waals surface area (Å²) in [5.74, 6) is -0.429. The lowest BCUT2D eigenvalue weighted by molar-refractivity contribution is 0.404. The third kappa shape index (κ3) is 1.82. The minimum absolute atomic E-state index is 0.0979. The van der Waals surface area contributed by atoms with Crippen LogP contribution in [0.15, 0.2) is 45.7 Å². The van der Waals surface area contributed by atoms with Gasteiger partial charge in [0.2, 0.25) is 0 Å². The van der Waals surface area contributed by atoms with E-state index in [1.165, 1.54) is 18.2 Å². The Hall–Kier alpha value is -3.74. The topological polar surface area (TPSA) is 115 Å². The van der Waals surface area contributed by atoms with E-state index in [-0.39, 0.29) is 16.9 Å². The molecule has 0 aliphatic heterocycles. The van der Waals surface area contributed by atoms with Crippen LogP contribution in [-0.2, 0) is 0 Å². The van der Waals surface area contributed by atoms with Crippen molar-refractivity contribution in [3.8, 4) is 22.6 Å². The average molecular weight is 347 g/mol. The molecule has 26 heavy (non-hydrogen) atoms. The molecule has 0 spiro atoms. The number of aromatic amines is 2. The molecular formula is C19H13N3O4. The summed E-state index contributed by atoms with van der Waals surface area (Å²) in [5.41, 5.74) is 4.04. The molecule has 128 valence electrons. The second-order valence-corrected chi connectivity index (χ2v) is 6.21. The van der Waals surface area contributed by atoms with Crippen LogP contribution in [0.4, 0.5) is 0 Å². The van der Waals surface area contributed by atoms with Crippen molar-refractivity contribution in [1.29, 1.82) is 0 Å². The molecule has 5 aromatic rings. The minimum atomic E-state index is -0.228. The monoisotopic (exact) mass is 347 g/mol. The first kappa shape index (κ1) is 14.6. The molecule has 3 heterocycles. The molecule has 0 saturated heterocycles. The number of aromatic nitrogens is 3. The highest BCUT2D eigenvalue weighted by Gasteiger charge is 2.20. The Bertz CT molecular complexity index is 1390. The van der Waals surface area contributed by atoms with Crippen LogP contribution in [0.5, 0.6) is 11.5 Å². The van der Waals surface area contributed by atoms with Crippen molar-refractivity contribution < 1.29 is 14.6 Å². The van der Waals surface area contributed by atoms with E-state index in [9.17, 15) is 15.0 Å². The molecule has 7 heteroatoms. The first-order valence-electron chi connectivity index (χ1n) is 7.98. The molecule has 0 aliphatic rings. The maximum atomic E-state index is 12.0. The first-order chi connectivity index (χ1) is 12.5. The summed E-state index contributed by atoms with van der Waals surface area (Å²) in [6.07, 6.45) is 1.75. The van der Waals surface area contributed by atoms with E-state index in [0.29, 0.717) is 39.0 Å². The number of fused-ring (bicyclic) bond motifs is 4. The van der Waals surface area contributed by atoms with Gasteiger partial charge >= 0.3 is 0 Å². The number of aryl methyl sites for hydroxylation is 1. The number of furan rings is 1. The zero-order valence-electron chi connectivity index (χ0n) is 13.6. The van der Waals surface area contributed by atoms with E-state index >= 15 is 0 Å². The van der Waals surface area contributed by atoms with E-state index in [1.807, 2.05) is 0 Å². The van der Waals surface area contributed by atoms with Gasteiger partial charge in [-0.3, -0.25) is 9.89 Å². The third-order valence-electron chi connectivity index (χ3n) is 4.68. The predicted octanol–water partition coefficient (Wildman–Crippen LogP) is 3.54. The van der Waals surface area contributed by atoms with E-state index in [4.69, 9.17) is 4.42 Å². The molecule has 0 fully saturated rings. The van der Waals surface area contributed by atoms with Crippen molar-refractivity contribution in [3.05, 3.63) is 52.3 Å². The summed E-state index contributed by atoms with van der Waals surface area (Å²) in [6, 6.07) is 7.79. The number of hydrogen-bond donors (Lipinski definition) is 4. The lowest BCUT2D eigenvalue weighted by Gasteiger charge is -2.06. The van der Waals surface area contributed by atoms with Gasteiger partial charge in [-0.25, -0.2) is 4.98 Å². The van der Waals surface area contributed by atoms with E-state index in [2.05, 4.69) is 15.2 Å². The molecule has 0 unspecified atom stereocenters. The fourth-order valence-electron chi connectivity index (χ4n) is 3.34. The van der Waals surface area contributed by atoms with Crippen LogP contribution in [-0.4, -0.2) is 25.4 Å². The number of phenols is 2. The van der Waals surface area contributed by atoms with Gasteiger partial charge < -0.3 is 19.7 Å². The lowest BCUT2D eigenvalue weighted by atomic mass is 10.0. The first-order valence-corrected chi connectivity index (χ1v) is 7.98. The van der Waals surface area contributed by atoms with Crippen LogP contribution >= 0.6 is 0 Å². The van der Waals surface area contributed by atoms with Gasteiger partial charge in [0.25, 0.3) is 0 Å². The quantitative estimate of drug-likeness (QED) is 0.346. The van der Waals surface area contributed by atoms with Crippen molar-refractivity contribution in [1.82, 2.24) is 15.2 Å². The maximum Gasteiger partial charge on any atom is 0.185 e. The molecule has 0 bridgehead atoms. The standard InChI is InChI=1S/C19H13N3O4/c1-8-12(23)5-3-10-16-18(26-17(8)10)15(11-7-20-22-19(11)21-16)9-2-4-13(24)14(25)6-9/h2-7,24-25H,1H3,(H2,20,21,22). The zero-order valence-corrected chi connectivity index (χ0v) is 13.6. The Morgan fingerprint density at radius 2 is 1.88 bits per heavy atom. The molecule has 0 radical (unpaired) electrons. The van der Waals surface area contributed by atoms with Crippen LogP contribution in [0.2, 0.25) is 0 Å². The summed E-state index contributed by atoms with van der Waals surface area (Å²) in [6.45, 7) is 1.72. The largest absolute Gasteiger partial charge is 0.504 e. The second kappa shape index (κ2) is 4.89. The Morgan fingerprint density at radius 3 is 2.69 bits per heavy atom. The number of rotatable bonds is 1. The summed E-state index contributed by atoms with van der Waals surface area (Å²) in [5, 5.41) is 27.0. The molecule has 0 aliphatic carbocycles. The smallest absolute Gasteiger partial charge is 0.185 e. The van der Waals surface area contributed by atoms with Crippen molar-refractivity contribution >= 4 is 33.1 Å². The number of aromatic hydroxyl groups is 2. The van der Waals surface area contributed by atoms with Gasteiger partial charge in [0, 0.05) is 28.1 Å². The number of benzene rings is 2. The molecular weight excluding hydrogens is 334 g/mol. The molecule has 7 nitrogen and oxygen atoms in total. The van der Waals surface area contributed by atoms with Crippen LogP contribution in [0.1, 0.15) is 5.56 Å². The Morgan fingerprint density at radius 1 is 1.04 bits per heavy atom. The second-order valence-electron chi connectivity index (χ2n) is 6.21. The van der Waals surface area contributed by atoms with Gasteiger partial charge in [-0.15, -0.1) is 0 Å². The van der Waals surface area contributed by atoms with E-state index in [1.54, 1.807) is 25.3 Å². The maximum absolute atomic E-state index is 12.0. The van der Waals surface area contributed by atoms with Crippen molar-refractivity contribution in [2.24, 2.45) is 0 Å². The highest BCUT2D eigenvalue weighted by Crippen LogP contribution is 2.41. The van der Waals surface area contributed by atoms with Crippen LogP contribution in [0.3, 0.4) is 0 Å². The Kier molecular flexibility index (Phi) is 2.74. The zero-order chi connectivity index (χ0) is 18.0. The minimum Gasteiger partial charge on any atom is -0.504 e. The summed E-state index contributed by atoms with van der Waals surface area (Å²) >= 11 is 0. The number of phenolic OH excluding ortho intramolecular Hbond substituents is 2. The van der Waals surface area contributed by atoms with E-state index in [0.717, 1.165) is 10.8 Å². The van der Waals surface area contributed by atoms with E-state index < -0.39 is 0 Å². The fraction of sp³-hybridized carbons (Fsp3) is 0.0526. The van der Waals surface area contributed by atoms with Crippen LogP contribution in [0.25, 0.3) is 44.2 Å². The molecule has 0 amide bonds. The molecule has 0 saturated carbocycles. The molecule has 4 N–H and O–H groups in total. The van der Waals surface area contributed by atoms with Gasteiger partial charge in [-0.2, -0.15) is 0 Å². The summed E-state index contributed by atoms with van der Waals surface area (Å²) in [4.78, 5) is 16.6. The van der Waals surface area contributed by atoms with Gasteiger partial charge in [0.1, 0.15) is 11.1 Å². The molecule has 0 atom stereocenters. The third-order valence-corrected chi connectivity index (χ3v) is 4.68. The summed E-state index contributed by atoms with van der Waals surface area (Å²) in [7, 11) is 0. The molecule has 2 aromatic carbocycles. The number of nitrogens with zero attached hydrogens (tertiary/aromatic N) is 1. The molecule has 5 rings (SSSR count). The van der Waals surface area contributed by atoms with Crippen molar-refractivity contribution in [2.45, 2.75) is 6.92 Å². The predicted molar refractivity (Wildman–Crippen MR) is 97.5 cm³/mol. The number of nitrogens with one attached hydrogen (secondary N) is 2. The summed E-state index contributed by atoms with van der Waals surface area (Å²) < 4.78 is 6.06. The number of hydrogen-bond acceptors (Lipinski definition) is 5. The lowest BCUT2D eigenvalue weighted by Crippen LogP contribution is -2.01.